The summed E-state index contributed by atoms with van der Waals surface area (Å²) in [5, 5.41) is 15.2. The fourth-order valence-corrected chi connectivity index (χ4v) is 3.51. The largest absolute Gasteiger partial charge is 0.378 e. The van der Waals surface area contributed by atoms with Crippen molar-refractivity contribution in [3.05, 3.63) is 29.8 Å². The Morgan fingerprint density at radius 1 is 1.24 bits per heavy atom. The molecule has 2 N–H and O–H groups in total. The molecule has 0 fully saturated rings. The van der Waals surface area contributed by atoms with Crippen LogP contribution in [0.3, 0.4) is 0 Å². The highest BCUT2D eigenvalue weighted by Crippen LogP contribution is 2.25. The van der Waals surface area contributed by atoms with Crippen molar-refractivity contribution in [2.45, 2.75) is 24.7 Å². The molecule has 0 saturated heterocycles. The van der Waals surface area contributed by atoms with Gasteiger partial charge in [0, 0.05) is 32.9 Å². The molecular weight excluding hydrogens is 354 g/mol. The van der Waals surface area contributed by atoms with Gasteiger partial charge < -0.3 is 15.5 Å². The number of nitrogens with zero attached hydrogens (tertiary/aromatic N) is 3. The number of amides is 1. The number of carbonyl (C=O) groups is 1. The van der Waals surface area contributed by atoms with E-state index in [-0.39, 0.29) is 5.91 Å². The van der Waals surface area contributed by atoms with E-state index in [0.717, 1.165) is 27.3 Å². The van der Waals surface area contributed by atoms with Gasteiger partial charge in [-0.3, -0.25) is 4.79 Å². The maximum atomic E-state index is 12.0. The van der Waals surface area contributed by atoms with E-state index in [9.17, 15) is 4.79 Å². The van der Waals surface area contributed by atoms with E-state index in [4.69, 9.17) is 0 Å². The second-order valence-electron chi connectivity index (χ2n) is 6.27. The van der Waals surface area contributed by atoms with Crippen molar-refractivity contribution < 1.29 is 4.79 Å². The summed E-state index contributed by atoms with van der Waals surface area (Å²) in [7, 11) is 4.01. The van der Waals surface area contributed by atoms with Gasteiger partial charge in [0.2, 0.25) is 11.0 Å². The standard InChI is InChI=1S/C17H25N5OS2/c1-12(2)9-19-16-20-21-17(25-16)24-11-15(23)18-10-13-5-7-14(8-6-13)22(3)4/h5-8,12H,9-11H2,1-4H3,(H,18,23)(H,19,20). The van der Waals surface area contributed by atoms with E-state index >= 15 is 0 Å². The van der Waals surface area contributed by atoms with Gasteiger partial charge in [-0.05, 0) is 23.6 Å². The Labute approximate surface area is 157 Å². The molecule has 0 radical (unpaired) electrons. The summed E-state index contributed by atoms with van der Waals surface area (Å²) in [6.07, 6.45) is 0. The monoisotopic (exact) mass is 379 g/mol. The summed E-state index contributed by atoms with van der Waals surface area (Å²) in [6.45, 7) is 5.68. The number of benzene rings is 1. The summed E-state index contributed by atoms with van der Waals surface area (Å²) in [6, 6.07) is 8.15. The second kappa shape index (κ2) is 9.62. The van der Waals surface area contributed by atoms with Crippen LogP contribution in [-0.2, 0) is 11.3 Å². The van der Waals surface area contributed by atoms with E-state index in [1.807, 2.05) is 43.3 Å². The maximum Gasteiger partial charge on any atom is 0.230 e. The van der Waals surface area contributed by atoms with E-state index in [0.29, 0.717) is 18.2 Å². The minimum absolute atomic E-state index is 0.00595. The number of rotatable bonds is 9. The number of anilines is 2. The van der Waals surface area contributed by atoms with Crippen LogP contribution >= 0.6 is 23.1 Å². The number of nitrogens with one attached hydrogen (secondary N) is 2. The molecule has 1 aromatic carbocycles. The Kier molecular flexibility index (Phi) is 7.52. The third kappa shape index (κ3) is 6.91. The van der Waals surface area contributed by atoms with Crippen molar-refractivity contribution in [2.24, 2.45) is 5.92 Å². The quantitative estimate of drug-likeness (QED) is 0.653. The zero-order chi connectivity index (χ0) is 18.2. The Balaban J connectivity index is 1.71. The zero-order valence-electron chi connectivity index (χ0n) is 15.1. The summed E-state index contributed by atoms with van der Waals surface area (Å²) in [5.74, 6) is 0.889. The minimum atomic E-state index is -0.00595. The van der Waals surface area contributed by atoms with Crippen LogP contribution in [0.1, 0.15) is 19.4 Å². The van der Waals surface area contributed by atoms with Gasteiger partial charge in [0.1, 0.15) is 0 Å². The molecule has 6 nitrogen and oxygen atoms in total. The number of thioether (sulfide) groups is 1. The molecule has 0 atom stereocenters. The molecule has 1 heterocycles. The molecule has 2 aromatic rings. The number of hydrogen-bond donors (Lipinski definition) is 2. The fourth-order valence-electron chi connectivity index (χ4n) is 1.92. The van der Waals surface area contributed by atoms with Crippen LogP contribution in [0.2, 0.25) is 0 Å². The van der Waals surface area contributed by atoms with Crippen molar-refractivity contribution in [1.29, 1.82) is 0 Å². The van der Waals surface area contributed by atoms with E-state index in [1.54, 1.807) is 0 Å². The number of hydrogen-bond acceptors (Lipinski definition) is 7. The van der Waals surface area contributed by atoms with Crippen molar-refractivity contribution in [1.82, 2.24) is 15.5 Å². The molecule has 0 aliphatic rings. The van der Waals surface area contributed by atoms with Crippen molar-refractivity contribution in [3.63, 3.8) is 0 Å². The normalized spacial score (nSPS) is 10.8. The third-order valence-electron chi connectivity index (χ3n) is 3.34. The molecule has 136 valence electrons. The van der Waals surface area contributed by atoms with Gasteiger partial charge in [-0.1, -0.05) is 49.1 Å². The molecule has 25 heavy (non-hydrogen) atoms. The predicted octanol–water partition coefficient (Wildman–Crippen LogP) is 3.08. The Morgan fingerprint density at radius 3 is 2.60 bits per heavy atom. The first-order chi connectivity index (χ1) is 11.9. The van der Waals surface area contributed by atoms with Gasteiger partial charge in [-0.15, -0.1) is 10.2 Å². The molecule has 0 bridgehead atoms. The fraction of sp³-hybridized carbons (Fsp3) is 0.471. The van der Waals surface area contributed by atoms with E-state index < -0.39 is 0 Å². The zero-order valence-corrected chi connectivity index (χ0v) is 16.7. The average molecular weight is 380 g/mol. The lowest BCUT2D eigenvalue weighted by molar-refractivity contribution is -0.118. The highest BCUT2D eigenvalue weighted by atomic mass is 32.2. The van der Waals surface area contributed by atoms with Gasteiger partial charge >= 0.3 is 0 Å². The first-order valence-electron chi connectivity index (χ1n) is 8.17. The SMILES string of the molecule is CC(C)CNc1nnc(SCC(=O)NCc2ccc(N(C)C)cc2)s1. The third-order valence-corrected chi connectivity index (χ3v) is 5.35. The minimum Gasteiger partial charge on any atom is -0.378 e. The summed E-state index contributed by atoms with van der Waals surface area (Å²) in [4.78, 5) is 14.0. The van der Waals surface area contributed by atoms with Gasteiger partial charge in [-0.25, -0.2) is 0 Å². The molecule has 0 unspecified atom stereocenters. The summed E-state index contributed by atoms with van der Waals surface area (Å²) >= 11 is 2.89. The molecule has 0 aliphatic carbocycles. The first-order valence-corrected chi connectivity index (χ1v) is 9.97. The van der Waals surface area contributed by atoms with Crippen molar-refractivity contribution in [2.75, 3.05) is 36.6 Å². The first kappa shape index (κ1) is 19.5. The molecule has 1 amide bonds. The van der Waals surface area contributed by atoms with Gasteiger partial charge in [0.05, 0.1) is 5.75 Å². The average Bonchev–Trinajstić information content (AvgIpc) is 3.04. The van der Waals surface area contributed by atoms with E-state index in [2.05, 4.69) is 34.7 Å². The molecule has 2 rings (SSSR count). The van der Waals surface area contributed by atoms with Crippen LogP contribution in [0.5, 0.6) is 0 Å². The van der Waals surface area contributed by atoms with Crippen LogP contribution in [0.15, 0.2) is 28.6 Å². The second-order valence-corrected chi connectivity index (χ2v) is 8.47. The molecule has 1 aromatic heterocycles. The molecule has 0 spiro atoms. The predicted molar refractivity (Wildman–Crippen MR) is 107 cm³/mol. The highest BCUT2D eigenvalue weighted by Gasteiger charge is 2.08. The van der Waals surface area contributed by atoms with Crippen LogP contribution in [0, 0.1) is 5.92 Å². The van der Waals surface area contributed by atoms with E-state index in [1.165, 1.54) is 23.1 Å². The van der Waals surface area contributed by atoms with Gasteiger partial charge in [0.15, 0.2) is 4.34 Å². The molecule has 0 saturated carbocycles. The van der Waals surface area contributed by atoms with Gasteiger partial charge in [-0.2, -0.15) is 0 Å². The number of carbonyl (C=O) groups excluding carboxylic acids is 1. The van der Waals surface area contributed by atoms with Crippen LogP contribution in [0.4, 0.5) is 10.8 Å². The van der Waals surface area contributed by atoms with Crippen LogP contribution in [-0.4, -0.2) is 42.5 Å². The Hall–Kier alpha value is -1.80. The van der Waals surface area contributed by atoms with Crippen LogP contribution in [0.25, 0.3) is 0 Å². The molecule has 0 aliphatic heterocycles. The molecule has 8 heteroatoms. The lowest BCUT2D eigenvalue weighted by Crippen LogP contribution is -2.24. The highest BCUT2D eigenvalue weighted by molar-refractivity contribution is 8.01. The topological polar surface area (TPSA) is 70.1 Å². The summed E-state index contributed by atoms with van der Waals surface area (Å²) in [5.41, 5.74) is 2.23. The maximum absolute atomic E-state index is 12.0. The van der Waals surface area contributed by atoms with Crippen molar-refractivity contribution >= 4 is 39.8 Å². The van der Waals surface area contributed by atoms with Gasteiger partial charge in [0.25, 0.3) is 0 Å². The Bertz CT molecular complexity index is 670. The van der Waals surface area contributed by atoms with Crippen molar-refractivity contribution in [3.8, 4) is 0 Å². The smallest absolute Gasteiger partial charge is 0.230 e. The Morgan fingerprint density at radius 2 is 1.96 bits per heavy atom. The molecular formula is C17H25N5OS2. The summed E-state index contributed by atoms with van der Waals surface area (Å²) < 4.78 is 0.803. The lowest BCUT2D eigenvalue weighted by Gasteiger charge is -2.12. The lowest BCUT2D eigenvalue weighted by atomic mass is 10.2. The van der Waals surface area contributed by atoms with Crippen LogP contribution < -0.4 is 15.5 Å². The number of aromatic nitrogens is 2.